The predicted octanol–water partition coefficient (Wildman–Crippen LogP) is 4.09. The molecule has 19 heavy (non-hydrogen) atoms. The van der Waals surface area contributed by atoms with Crippen LogP contribution in [0.1, 0.15) is 51.5 Å². The largest absolute Gasteiger partial charge is 0.508 e. The number of benzene rings is 1. The summed E-state index contributed by atoms with van der Waals surface area (Å²) in [6.07, 6.45) is 6.73. The van der Waals surface area contributed by atoms with Gasteiger partial charge in [0.25, 0.3) is 0 Å². The van der Waals surface area contributed by atoms with E-state index in [0.717, 1.165) is 18.4 Å². The van der Waals surface area contributed by atoms with E-state index in [4.69, 9.17) is 0 Å². The molecule has 2 atom stereocenters. The Bertz CT molecular complexity index is 371. The van der Waals surface area contributed by atoms with Gasteiger partial charge in [-0.2, -0.15) is 0 Å². The molecular formula is C17H27NO. The van der Waals surface area contributed by atoms with Crippen LogP contribution in [0.3, 0.4) is 0 Å². The van der Waals surface area contributed by atoms with Gasteiger partial charge in [-0.15, -0.1) is 0 Å². The minimum absolute atomic E-state index is 0.345. The molecule has 1 aliphatic carbocycles. The van der Waals surface area contributed by atoms with Crippen LogP contribution < -0.4 is 5.32 Å². The van der Waals surface area contributed by atoms with Gasteiger partial charge in [-0.1, -0.05) is 38.8 Å². The molecule has 2 nitrogen and oxygen atoms in total. The van der Waals surface area contributed by atoms with E-state index in [1.54, 1.807) is 12.1 Å². The van der Waals surface area contributed by atoms with Gasteiger partial charge >= 0.3 is 0 Å². The molecule has 2 heteroatoms. The molecular weight excluding hydrogens is 234 g/mol. The zero-order valence-corrected chi connectivity index (χ0v) is 12.2. The van der Waals surface area contributed by atoms with Crippen LogP contribution in [-0.4, -0.2) is 11.1 Å². The summed E-state index contributed by atoms with van der Waals surface area (Å²) in [5.41, 5.74) is 1.25. The first-order valence-corrected chi connectivity index (χ1v) is 7.66. The molecule has 0 heterocycles. The average molecular weight is 261 g/mol. The van der Waals surface area contributed by atoms with E-state index in [0.29, 0.717) is 11.8 Å². The second kappa shape index (κ2) is 6.95. The third-order valence-corrected chi connectivity index (χ3v) is 4.49. The van der Waals surface area contributed by atoms with Crippen molar-refractivity contribution >= 4 is 0 Å². The molecule has 2 N–H and O–H groups in total. The normalized spacial score (nSPS) is 24.4. The zero-order valence-electron chi connectivity index (χ0n) is 12.2. The molecule has 2 rings (SSSR count). The van der Waals surface area contributed by atoms with Gasteiger partial charge in [0, 0.05) is 12.6 Å². The molecule has 2 unspecified atom stereocenters. The second-order valence-corrected chi connectivity index (χ2v) is 6.26. The molecule has 1 aliphatic rings. The summed E-state index contributed by atoms with van der Waals surface area (Å²) in [7, 11) is 0. The lowest BCUT2D eigenvalue weighted by molar-refractivity contribution is 0.337. The van der Waals surface area contributed by atoms with E-state index in [2.05, 4.69) is 19.2 Å². The van der Waals surface area contributed by atoms with Crippen molar-refractivity contribution in [3.63, 3.8) is 0 Å². The molecule has 1 aromatic carbocycles. The second-order valence-electron chi connectivity index (χ2n) is 6.26. The summed E-state index contributed by atoms with van der Waals surface area (Å²) in [6.45, 7) is 5.63. The highest BCUT2D eigenvalue weighted by molar-refractivity contribution is 5.25. The first kappa shape index (κ1) is 14.4. The summed E-state index contributed by atoms with van der Waals surface area (Å²) < 4.78 is 0. The lowest BCUT2D eigenvalue weighted by Gasteiger charge is -2.19. The van der Waals surface area contributed by atoms with Gasteiger partial charge in [0.05, 0.1) is 0 Å². The summed E-state index contributed by atoms with van der Waals surface area (Å²) in [6, 6.07) is 8.18. The zero-order chi connectivity index (χ0) is 13.7. The van der Waals surface area contributed by atoms with Crippen molar-refractivity contribution in [2.24, 2.45) is 11.8 Å². The highest BCUT2D eigenvalue weighted by atomic mass is 16.3. The fourth-order valence-corrected chi connectivity index (χ4v) is 3.08. The number of hydrogen-bond donors (Lipinski definition) is 2. The number of nitrogens with one attached hydrogen (secondary N) is 1. The Morgan fingerprint density at radius 1 is 1.11 bits per heavy atom. The maximum absolute atomic E-state index is 9.27. The van der Waals surface area contributed by atoms with Crippen molar-refractivity contribution in [2.45, 2.75) is 58.5 Å². The SMILES string of the molecule is CC(C)C1CCCC(NCc2ccc(O)cc2)CC1. The van der Waals surface area contributed by atoms with Crippen molar-refractivity contribution in [2.75, 3.05) is 0 Å². The fraction of sp³-hybridized carbons (Fsp3) is 0.647. The predicted molar refractivity (Wildman–Crippen MR) is 80.1 cm³/mol. The Kier molecular flexibility index (Phi) is 5.26. The molecule has 106 valence electrons. The number of phenolic OH excluding ortho intramolecular Hbond substituents is 1. The van der Waals surface area contributed by atoms with E-state index in [-0.39, 0.29) is 0 Å². The number of aromatic hydroxyl groups is 1. The van der Waals surface area contributed by atoms with Crippen LogP contribution in [0, 0.1) is 11.8 Å². The number of phenols is 1. The number of rotatable bonds is 4. The van der Waals surface area contributed by atoms with Crippen LogP contribution in [0.15, 0.2) is 24.3 Å². The topological polar surface area (TPSA) is 32.3 Å². The van der Waals surface area contributed by atoms with E-state index < -0.39 is 0 Å². The van der Waals surface area contributed by atoms with Crippen molar-refractivity contribution in [3.8, 4) is 5.75 Å². The molecule has 0 spiro atoms. The molecule has 0 radical (unpaired) electrons. The minimum Gasteiger partial charge on any atom is -0.508 e. The lowest BCUT2D eigenvalue weighted by Crippen LogP contribution is -2.28. The summed E-state index contributed by atoms with van der Waals surface area (Å²) >= 11 is 0. The van der Waals surface area contributed by atoms with Crippen LogP contribution in [-0.2, 0) is 6.54 Å². The molecule has 1 fully saturated rings. The fourth-order valence-electron chi connectivity index (χ4n) is 3.08. The van der Waals surface area contributed by atoms with Crippen molar-refractivity contribution in [1.29, 1.82) is 0 Å². The summed E-state index contributed by atoms with van der Waals surface area (Å²) in [4.78, 5) is 0. The quantitative estimate of drug-likeness (QED) is 0.800. The molecule has 1 aromatic rings. The molecule has 1 saturated carbocycles. The first-order valence-electron chi connectivity index (χ1n) is 7.66. The van der Waals surface area contributed by atoms with E-state index >= 15 is 0 Å². The number of hydrogen-bond acceptors (Lipinski definition) is 2. The van der Waals surface area contributed by atoms with Gasteiger partial charge in [-0.05, 0) is 48.8 Å². The van der Waals surface area contributed by atoms with E-state index in [1.165, 1.54) is 37.7 Å². The first-order chi connectivity index (χ1) is 9.15. The monoisotopic (exact) mass is 261 g/mol. The van der Waals surface area contributed by atoms with Crippen LogP contribution in [0.4, 0.5) is 0 Å². The smallest absolute Gasteiger partial charge is 0.115 e. The highest BCUT2D eigenvalue weighted by Crippen LogP contribution is 2.28. The van der Waals surface area contributed by atoms with Crippen LogP contribution in [0.2, 0.25) is 0 Å². The molecule has 0 aromatic heterocycles. The van der Waals surface area contributed by atoms with Crippen molar-refractivity contribution in [3.05, 3.63) is 29.8 Å². The van der Waals surface area contributed by atoms with Gasteiger partial charge < -0.3 is 10.4 Å². The van der Waals surface area contributed by atoms with Gasteiger partial charge in [0.15, 0.2) is 0 Å². The maximum Gasteiger partial charge on any atom is 0.115 e. The molecule has 0 saturated heterocycles. The molecule has 0 amide bonds. The average Bonchev–Trinajstić information content (AvgIpc) is 2.63. The van der Waals surface area contributed by atoms with Crippen LogP contribution in [0.25, 0.3) is 0 Å². The Morgan fingerprint density at radius 2 is 1.84 bits per heavy atom. The highest BCUT2D eigenvalue weighted by Gasteiger charge is 2.20. The van der Waals surface area contributed by atoms with Gasteiger partial charge in [0.1, 0.15) is 5.75 Å². The van der Waals surface area contributed by atoms with Crippen molar-refractivity contribution < 1.29 is 5.11 Å². The standard InChI is InChI=1S/C17H27NO/c1-13(2)15-4-3-5-16(9-8-15)18-12-14-6-10-17(19)11-7-14/h6-7,10-11,13,15-16,18-19H,3-5,8-9,12H2,1-2H3. The van der Waals surface area contributed by atoms with E-state index in [1.807, 2.05) is 12.1 Å². The molecule has 0 aliphatic heterocycles. The van der Waals surface area contributed by atoms with Crippen molar-refractivity contribution in [1.82, 2.24) is 5.32 Å². The summed E-state index contributed by atoms with van der Waals surface area (Å²) in [5, 5.41) is 12.9. The van der Waals surface area contributed by atoms with Crippen LogP contribution in [0.5, 0.6) is 5.75 Å². The minimum atomic E-state index is 0.345. The van der Waals surface area contributed by atoms with Crippen LogP contribution >= 0.6 is 0 Å². The van der Waals surface area contributed by atoms with Gasteiger partial charge in [-0.3, -0.25) is 0 Å². The molecule has 0 bridgehead atoms. The lowest BCUT2D eigenvalue weighted by atomic mass is 9.89. The van der Waals surface area contributed by atoms with Gasteiger partial charge in [-0.25, -0.2) is 0 Å². The van der Waals surface area contributed by atoms with E-state index in [9.17, 15) is 5.11 Å². The van der Waals surface area contributed by atoms with Gasteiger partial charge in [0.2, 0.25) is 0 Å². The Labute approximate surface area is 117 Å². The Balaban J connectivity index is 1.78. The Hall–Kier alpha value is -1.02. The maximum atomic E-state index is 9.27. The summed E-state index contributed by atoms with van der Waals surface area (Å²) in [5.74, 6) is 2.09. The third kappa shape index (κ3) is 4.54. The Morgan fingerprint density at radius 3 is 2.53 bits per heavy atom. The third-order valence-electron chi connectivity index (χ3n) is 4.49.